The third-order valence-electron chi connectivity index (χ3n) is 9.71. The summed E-state index contributed by atoms with van der Waals surface area (Å²) in [6.07, 6.45) is 0. The van der Waals surface area contributed by atoms with E-state index in [0.29, 0.717) is 0 Å². The van der Waals surface area contributed by atoms with Gasteiger partial charge in [-0.2, -0.15) is 0 Å². The minimum atomic E-state index is 1.12. The van der Waals surface area contributed by atoms with E-state index in [0.717, 1.165) is 34.1 Å². The van der Waals surface area contributed by atoms with E-state index in [1.165, 1.54) is 44.5 Å². The first kappa shape index (κ1) is 32.6. The van der Waals surface area contributed by atoms with E-state index < -0.39 is 0 Å². The molecule has 0 unspecified atom stereocenters. The third-order valence-corrected chi connectivity index (χ3v) is 9.71. The van der Waals surface area contributed by atoms with Crippen molar-refractivity contribution >= 4 is 34.1 Å². The number of aryl methyl sites for hydroxylation is 2. The van der Waals surface area contributed by atoms with Gasteiger partial charge in [-0.15, -0.1) is 0 Å². The molecule has 0 amide bonds. The molecule has 0 N–H and O–H groups in total. The standard InChI is InChI=1S/C50H40N2/c1-37-35-43(51(41-23-11-5-12-24-41)49-29-17-15-27-47(49)39-19-7-3-8-20-39)31-33-45(37)46-34-32-44(36-38(46)2)52(42-25-13-6-14-26-42)50-30-18-16-28-48(50)40-21-9-4-10-22-40/h3-36H,1-2H3. The van der Waals surface area contributed by atoms with Crippen LogP contribution in [0.15, 0.2) is 206 Å². The second kappa shape index (κ2) is 14.7. The summed E-state index contributed by atoms with van der Waals surface area (Å²) in [4.78, 5) is 4.74. The van der Waals surface area contributed by atoms with Crippen LogP contribution in [0.2, 0.25) is 0 Å². The highest BCUT2D eigenvalue weighted by Crippen LogP contribution is 2.44. The van der Waals surface area contributed by atoms with Crippen molar-refractivity contribution in [1.82, 2.24) is 0 Å². The minimum Gasteiger partial charge on any atom is -0.310 e. The highest BCUT2D eigenvalue weighted by molar-refractivity contribution is 5.91. The molecule has 2 nitrogen and oxygen atoms in total. The minimum absolute atomic E-state index is 1.12. The molecule has 0 spiro atoms. The van der Waals surface area contributed by atoms with Gasteiger partial charge in [0.2, 0.25) is 0 Å². The van der Waals surface area contributed by atoms with E-state index >= 15 is 0 Å². The van der Waals surface area contributed by atoms with Gasteiger partial charge < -0.3 is 9.80 Å². The maximum absolute atomic E-state index is 2.37. The van der Waals surface area contributed by atoms with E-state index in [9.17, 15) is 0 Å². The van der Waals surface area contributed by atoms with Gasteiger partial charge >= 0.3 is 0 Å². The lowest BCUT2D eigenvalue weighted by Gasteiger charge is -2.29. The molecule has 0 heterocycles. The Balaban J connectivity index is 1.20. The average Bonchev–Trinajstić information content (AvgIpc) is 3.20. The quantitative estimate of drug-likeness (QED) is 0.151. The molecule has 0 radical (unpaired) electrons. The Morgan fingerprint density at radius 2 is 0.596 bits per heavy atom. The molecule has 0 aliphatic heterocycles. The fourth-order valence-electron chi connectivity index (χ4n) is 7.25. The first-order valence-corrected chi connectivity index (χ1v) is 17.9. The molecule has 0 bridgehead atoms. The van der Waals surface area contributed by atoms with Crippen LogP contribution in [0.1, 0.15) is 11.1 Å². The molecule has 52 heavy (non-hydrogen) atoms. The van der Waals surface area contributed by atoms with Crippen molar-refractivity contribution in [1.29, 1.82) is 0 Å². The Morgan fingerprint density at radius 3 is 0.962 bits per heavy atom. The smallest absolute Gasteiger partial charge is 0.0540 e. The van der Waals surface area contributed by atoms with Gasteiger partial charge in [0.15, 0.2) is 0 Å². The van der Waals surface area contributed by atoms with Crippen LogP contribution in [0, 0.1) is 13.8 Å². The van der Waals surface area contributed by atoms with Crippen molar-refractivity contribution in [3.8, 4) is 33.4 Å². The van der Waals surface area contributed by atoms with Gasteiger partial charge in [-0.25, -0.2) is 0 Å². The van der Waals surface area contributed by atoms with Crippen LogP contribution >= 0.6 is 0 Å². The molecule has 0 aromatic heterocycles. The molecule has 0 aliphatic carbocycles. The molecular formula is C50H40N2. The molecule has 0 atom stereocenters. The first-order valence-electron chi connectivity index (χ1n) is 17.9. The van der Waals surface area contributed by atoms with Gasteiger partial charge in [0.05, 0.1) is 11.4 Å². The maximum Gasteiger partial charge on any atom is 0.0540 e. The summed E-state index contributed by atoms with van der Waals surface area (Å²) in [5.74, 6) is 0. The van der Waals surface area contributed by atoms with E-state index in [-0.39, 0.29) is 0 Å². The summed E-state index contributed by atoms with van der Waals surface area (Å²) >= 11 is 0. The van der Waals surface area contributed by atoms with Crippen LogP contribution in [0.3, 0.4) is 0 Å². The van der Waals surface area contributed by atoms with Gasteiger partial charge in [0, 0.05) is 33.9 Å². The average molecular weight is 669 g/mol. The Kier molecular flexibility index (Phi) is 9.19. The predicted molar refractivity (Wildman–Crippen MR) is 222 cm³/mol. The van der Waals surface area contributed by atoms with Crippen molar-refractivity contribution < 1.29 is 0 Å². The Hall–Kier alpha value is -6.64. The molecule has 2 heteroatoms. The summed E-state index contributed by atoms with van der Waals surface area (Å²) in [6, 6.07) is 73.7. The number of nitrogens with zero attached hydrogens (tertiary/aromatic N) is 2. The zero-order valence-electron chi connectivity index (χ0n) is 29.5. The van der Waals surface area contributed by atoms with Crippen LogP contribution < -0.4 is 9.80 Å². The SMILES string of the molecule is Cc1cc(N(c2ccccc2)c2ccccc2-c2ccccc2)ccc1-c1ccc(N(c2ccccc2)c2ccccc2-c2ccccc2)cc1C. The van der Waals surface area contributed by atoms with Crippen LogP contribution in [-0.2, 0) is 0 Å². The lowest BCUT2D eigenvalue weighted by Crippen LogP contribution is -2.12. The summed E-state index contributed by atoms with van der Waals surface area (Å²) in [5, 5.41) is 0. The normalized spacial score (nSPS) is 10.9. The molecular weight excluding hydrogens is 629 g/mol. The number of hydrogen-bond donors (Lipinski definition) is 0. The zero-order chi connectivity index (χ0) is 35.3. The van der Waals surface area contributed by atoms with Crippen molar-refractivity contribution in [3.05, 3.63) is 217 Å². The lowest BCUT2D eigenvalue weighted by atomic mass is 9.94. The van der Waals surface area contributed by atoms with Gasteiger partial charge in [-0.05, 0) is 108 Å². The van der Waals surface area contributed by atoms with Crippen molar-refractivity contribution in [2.24, 2.45) is 0 Å². The van der Waals surface area contributed by atoms with Gasteiger partial charge in [-0.1, -0.05) is 146 Å². The molecule has 0 saturated heterocycles. The van der Waals surface area contributed by atoms with Crippen molar-refractivity contribution in [2.45, 2.75) is 13.8 Å². The zero-order valence-corrected chi connectivity index (χ0v) is 29.5. The summed E-state index contributed by atoms with van der Waals surface area (Å²) in [5.41, 5.74) is 16.4. The van der Waals surface area contributed by atoms with Gasteiger partial charge in [0.25, 0.3) is 0 Å². The highest BCUT2D eigenvalue weighted by Gasteiger charge is 2.20. The topological polar surface area (TPSA) is 6.48 Å². The molecule has 8 rings (SSSR count). The van der Waals surface area contributed by atoms with Crippen LogP contribution in [0.5, 0.6) is 0 Å². The summed E-state index contributed by atoms with van der Waals surface area (Å²) in [6.45, 7) is 4.45. The van der Waals surface area contributed by atoms with Crippen LogP contribution in [0.25, 0.3) is 33.4 Å². The Bertz CT molecular complexity index is 2250. The number of hydrogen-bond acceptors (Lipinski definition) is 2. The molecule has 250 valence electrons. The van der Waals surface area contributed by atoms with Gasteiger partial charge in [0.1, 0.15) is 0 Å². The fraction of sp³-hybridized carbons (Fsp3) is 0.0400. The predicted octanol–water partition coefficient (Wildman–Crippen LogP) is 14.2. The highest BCUT2D eigenvalue weighted by atomic mass is 15.1. The molecule has 0 aliphatic rings. The monoisotopic (exact) mass is 668 g/mol. The van der Waals surface area contributed by atoms with Crippen molar-refractivity contribution in [2.75, 3.05) is 9.80 Å². The van der Waals surface area contributed by atoms with E-state index in [4.69, 9.17) is 0 Å². The Morgan fingerprint density at radius 1 is 0.269 bits per heavy atom. The second-order valence-corrected chi connectivity index (χ2v) is 13.1. The lowest BCUT2D eigenvalue weighted by molar-refractivity contribution is 1.26. The molecule has 8 aromatic carbocycles. The third kappa shape index (κ3) is 6.51. The first-order chi connectivity index (χ1) is 25.7. The van der Waals surface area contributed by atoms with E-state index in [2.05, 4.69) is 230 Å². The van der Waals surface area contributed by atoms with E-state index in [1.54, 1.807) is 0 Å². The van der Waals surface area contributed by atoms with Crippen LogP contribution in [-0.4, -0.2) is 0 Å². The maximum atomic E-state index is 2.37. The number of rotatable bonds is 9. The summed E-state index contributed by atoms with van der Waals surface area (Å²) in [7, 11) is 0. The van der Waals surface area contributed by atoms with E-state index in [1.807, 2.05) is 0 Å². The Labute approximate surface area is 307 Å². The van der Waals surface area contributed by atoms with Crippen LogP contribution in [0.4, 0.5) is 34.1 Å². The molecule has 0 saturated carbocycles. The molecule has 8 aromatic rings. The summed E-state index contributed by atoms with van der Waals surface area (Å²) < 4.78 is 0. The molecule has 0 fully saturated rings. The second-order valence-electron chi connectivity index (χ2n) is 13.1. The number of para-hydroxylation sites is 4. The largest absolute Gasteiger partial charge is 0.310 e. The number of benzene rings is 8. The fourth-order valence-corrected chi connectivity index (χ4v) is 7.25. The van der Waals surface area contributed by atoms with Gasteiger partial charge in [-0.3, -0.25) is 0 Å². The van der Waals surface area contributed by atoms with Crippen molar-refractivity contribution in [3.63, 3.8) is 0 Å². The number of anilines is 6.